The molecule has 0 saturated heterocycles. The molecule has 0 aromatic heterocycles. The summed E-state index contributed by atoms with van der Waals surface area (Å²) in [5, 5.41) is 0. The highest BCUT2D eigenvalue weighted by molar-refractivity contribution is 5.76. The van der Waals surface area contributed by atoms with E-state index < -0.39 is 0 Å². The van der Waals surface area contributed by atoms with Crippen LogP contribution in [0.15, 0.2) is 133 Å². The van der Waals surface area contributed by atoms with Gasteiger partial charge in [0.2, 0.25) is 0 Å². The van der Waals surface area contributed by atoms with Crippen molar-refractivity contribution in [3.8, 4) is 0 Å². The number of rotatable bonds is 7. The molecule has 0 unspecified atom stereocenters. The highest BCUT2D eigenvalue weighted by Crippen LogP contribution is 2.38. The van der Waals surface area contributed by atoms with Crippen LogP contribution in [0.3, 0.4) is 0 Å². The first-order valence-corrected chi connectivity index (χ1v) is 12.7. The van der Waals surface area contributed by atoms with Gasteiger partial charge in [0.15, 0.2) is 0 Å². The van der Waals surface area contributed by atoms with Gasteiger partial charge in [-0.05, 0) is 73.4 Å². The molecule has 0 radical (unpaired) electrons. The minimum Gasteiger partial charge on any atom is -0.311 e. The largest absolute Gasteiger partial charge is 0.311 e. The Hall–Kier alpha value is -4.10. The summed E-state index contributed by atoms with van der Waals surface area (Å²) >= 11 is 0. The van der Waals surface area contributed by atoms with E-state index in [2.05, 4.69) is 159 Å². The van der Waals surface area contributed by atoms with Gasteiger partial charge in [-0.1, -0.05) is 115 Å². The van der Waals surface area contributed by atoms with Crippen molar-refractivity contribution in [3.63, 3.8) is 0 Å². The summed E-state index contributed by atoms with van der Waals surface area (Å²) in [6.07, 6.45) is 0.927. The molecule has 0 amide bonds. The fourth-order valence-electron chi connectivity index (χ4n) is 4.99. The minimum absolute atomic E-state index is 0.113. The zero-order valence-electron chi connectivity index (χ0n) is 21.4. The van der Waals surface area contributed by atoms with Crippen molar-refractivity contribution in [2.24, 2.45) is 0 Å². The van der Waals surface area contributed by atoms with Gasteiger partial charge in [0.05, 0.1) is 0 Å². The first-order chi connectivity index (χ1) is 17.5. The molecule has 5 aromatic rings. The maximum atomic E-state index is 2.36. The predicted octanol–water partition coefficient (Wildman–Crippen LogP) is 9.32. The maximum Gasteiger partial charge on any atom is 0.0461 e. The average molecular weight is 468 g/mol. The third kappa shape index (κ3) is 4.97. The van der Waals surface area contributed by atoms with Gasteiger partial charge in [-0.3, -0.25) is 0 Å². The van der Waals surface area contributed by atoms with E-state index in [1.54, 1.807) is 0 Å². The van der Waals surface area contributed by atoms with Crippen molar-refractivity contribution in [2.75, 3.05) is 4.90 Å². The van der Waals surface area contributed by atoms with E-state index in [0.717, 1.165) is 23.5 Å². The Kier molecular flexibility index (Phi) is 6.73. The molecule has 5 rings (SSSR count). The lowest BCUT2D eigenvalue weighted by Crippen LogP contribution is -2.26. The molecule has 0 atom stereocenters. The van der Waals surface area contributed by atoms with Crippen LogP contribution < -0.4 is 4.90 Å². The van der Waals surface area contributed by atoms with Gasteiger partial charge in [0.1, 0.15) is 0 Å². The number of nitrogens with zero attached hydrogens (tertiary/aromatic N) is 1. The smallest absolute Gasteiger partial charge is 0.0461 e. The number of hydrogen-bond donors (Lipinski definition) is 0. The van der Waals surface area contributed by atoms with Crippen molar-refractivity contribution < 1.29 is 0 Å². The van der Waals surface area contributed by atoms with Crippen LogP contribution in [0.1, 0.15) is 34.7 Å². The molecule has 0 fully saturated rings. The monoisotopic (exact) mass is 467 g/mol. The second-order valence-electron chi connectivity index (χ2n) is 9.91. The highest BCUT2D eigenvalue weighted by Gasteiger charge is 2.29. The number of aryl methyl sites for hydroxylation is 2. The Morgan fingerprint density at radius 3 is 1.22 bits per heavy atom. The van der Waals surface area contributed by atoms with Crippen LogP contribution in [-0.4, -0.2) is 0 Å². The molecule has 0 aliphatic rings. The molecule has 1 heteroatoms. The first-order valence-electron chi connectivity index (χ1n) is 12.7. The lowest BCUT2D eigenvalue weighted by Gasteiger charge is -2.32. The zero-order valence-corrected chi connectivity index (χ0v) is 21.4. The third-order valence-corrected chi connectivity index (χ3v) is 7.16. The van der Waals surface area contributed by atoms with Crippen molar-refractivity contribution in [1.29, 1.82) is 0 Å². The Labute approximate surface area is 215 Å². The topological polar surface area (TPSA) is 3.24 Å². The highest BCUT2D eigenvalue weighted by atomic mass is 15.1. The summed E-state index contributed by atoms with van der Waals surface area (Å²) in [7, 11) is 0. The van der Waals surface area contributed by atoms with Crippen LogP contribution in [0.5, 0.6) is 0 Å². The fourth-order valence-corrected chi connectivity index (χ4v) is 4.99. The van der Waals surface area contributed by atoms with Crippen LogP contribution in [0.2, 0.25) is 0 Å². The van der Waals surface area contributed by atoms with Crippen LogP contribution in [0.4, 0.5) is 17.1 Å². The third-order valence-electron chi connectivity index (χ3n) is 7.16. The first kappa shape index (κ1) is 23.6. The van der Waals surface area contributed by atoms with Crippen molar-refractivity contribution in [2.45, 2.75) is 32.6 Å². The van der Waals surface area contributed by atoms with Gasteiger partial charge in [-0.2, -0.15) is 0 Å². The van der Waals surface area contributed by atoms with E-state index in [9.17, 15) is 0 Å². The van der Waals surface area contributed by atoms with Crippen LogP contribution in [0.25, 0.3) is 0 Å². The molecule has 5 aromatic carbocycles. The van der Waals surface area contributed by atoms with E-state index in [-0.39, 0.29) is 5.41 Å². The summed E-state index contributed by atoms with van der Waals surface area (Å²) in [6.45, 7) is 6.62. The van der Waals surface area contributed by atoms with E-state index in [4.69, 9.17) is 0 Å². The maximum absolute atomic E-state index is 2.36. The zero-order chi connectivity index (χ0) is 25.0. The molecular formula is C35H33N. The van der Waals surface area contributed by atoms with E-state index >= 15 is 0 Å². The van der Waals surface area contributed by atoms with Crippen molar-refractivity contribution in [1.82, 2.24) is 0 Å². The minimum atomic E-state index is -0.113. The normalized spacial score (nSPS) is 11.3. The van der Waals surface area contributed by atoms with Gasteiger partial charge in [-0.15, -0.1) is 0 Å². The quantitative estimate of drug-likeness (QED) is 0.230. The van der Waals surface area contributed by atoms with Crippen LogP contribution in [0, 0.1) is 13.8 Å². The molecule has 0 saturated carbocycles. The molecule has 36 heavy (non-hydrogen) atoms. The van der Waals surface area contributed by atoms with Crippen LogP contribution >= 0.6 is 0 Å². The molecule has 0 heterocycles. The number of anilines is 3. The standard InChI is InChI=1S/C35H33N/c1-27-14-20-32(21-15-27)36(33-22-16-28(2)17-23-33)34-24-18-29(19-25-34)26-35(3,30-10-6-4-7-11-30)31-12-8-5-9-13-31/h4-25H,26H2,1-3H3. The van der Waals surface area contributed by atoms with E-state index in [1.165, 1.54) is 27.8 Å². The average Bonchev–Trinajstić information content (AvgIpc) is 2.93. The van der Waals surface area contributed by atoms with E-state index in [0.29, 0.717) is 0 Å². The Balaban J connectivity index is 1.51. The molecule has 0 N–H and O–H groups in total. The lowest BCUT2D eigenvalue weighted by molar-refractivity contribution is 0.567. The SMILES string of the molecule is Cc1ccc(N(c2ccc(C)cc2)c2ccc(CC(C)(c3ccccc3)c3ccccc3)cc2)cc1. The molecular weight excluding hydrogens is 434 g/mol. The van der Waals surface area contributed by atoms with Crippen molar-refractivity contribution in [3.05, 3.63) is 161 Å². The summed E-state index contributed by atoms with van der Waals surface area (Å²) < 4.78 is 0. The molecule has 0 bridgehead atoms. The van der Waals surface area contributed by atoms with Crippen LogP contribution in [-0.2, 0) is 11.8 Å². The second kappa shape index (κ2) is 10.3. The van der Waals surface area contributed by atoms with Crippen molar-refractivity contribution >= 4 is 17.1 Å². The lowest BCUT2D eigenvalue weighted by atomic mass is 9.72. The molecule has 0 aliphatic heterocycles. The Morgan fingerprint density at radius 1 is 0.472 bits per heavy atom. The van der Waals surface area contributed by atoms with Gasteiger partial charge < -0.3 is 4.90 Å². The fraction of sp³-hybridized carbons (Fsp3) is 0.143. The van der Waals surface area contributed by atoms with Gasteiger partial charge in [0, 0.05) is 22.5 Å². The Morgan fingerprint density at radius 2 is 0.833 bits per heavy atom. The Bertz CT molecular complexity index is 1300. The summed E-state index contributed by atoms with van der Waals surface area (Å²) in [5.41, 5.74) is 9.89. The summed E-state index contributed by atoms with van der Waals surface area (Å²) in [4.78, 5) is 2.33. The van der Waals surface area contributed by atoms with Gasteiger partial charge >= 0.3 is 0 Å². The second-order valence-corrected chi connectivity index (χ2v) is 9.91. The van der Waals surface area contributed by atoms with Gasteiger partial charge in [-0.25, -0.2) is 0 Å². The summed E-state index contributed by atoms with van der Waals surface area (Å²) in [6, 6.07) is 48.3. The predicted molar refractivity (Wildman–Crippen MR) is 154 cm³/mol. The number of hydrogen-bond acceptors (Lipinski definition) is 1. The molecule has 178 valence electrons. The molecule has 0 aliphatic carbocycles. The molecule has 0 spiro atoms. The molecule has 1 nitrogen and oxygen atoms in total. The van der Waals surface area contributed by atoms with Gasteiger partial charge in [0.25, 0.3) is 0 Å². The van der Waals surface area contributed by atoms with E-state index in [1.807, 2.05) is 0 Å². The summed E-state index contributed by atoms with van der Waals surface area (Å²) in [5.74, 6) is 0. The number of benzene rings is 5.